The van der Waals surface area contributed by atoms with Gasteiger partial charge in [0.15, 0.2) is 33.3 Å². The SMILES string of the molecule is CC(O[Si](C)(C)C(C)(C)C)[C@H](NC(=O)[C@@H](NC(=O)[C@@H]1C[C@@H](O[Si](C)(C)C(C)(C)C)CN1C(=O)[C@H](Cc1ccc(O[Si](C)(C)C(C)(C)C)cc1)NC(=O)[C@H](CCCNC(=O)OCc1ccccc1)NC(=O)OC(C)(C)C)[C@@H](Cc1ccc(O[Si](C)(C)C(C)(C)C)cc1)O[Si](C)(C)C(C)(C)C)C(=O)N1C[C@H](C)[C@H](O[Si](C)(C)C(C)(C)C)[C@H]1C(=O)N(C(=O)OC(C)(C)C)C(=O)OC(C)(C)C. The van der Waals surface area contributed by atoms with Gasteiger partial charge in [0.1, 0.15) is 71.2 Å². The molecule has 34 heteroatoms. The van der Waals surface area contributed by atoms with Gasteiger partial charge in [-0.05, 0) is 238 Å². The number of hydrogen-bond donors (Lipinski definition) is 5. The van der Waals surface area contributed by atoms with Gasteiger partial charge in [0, 0.05) is 38.4 Å². The van der Waals surface area contributed by atoms with Gasteiger partial charge in [0.05, 0.1) is 24.4 Å². The summed E-state index contributed by atoms with van der Waals surface area (Å²) in [6.07, 6.45) is -9.15. The quantitative estimate of drug-likeness (QED) is 0.0211. The van der Waals surface area contributed by atoms with E-state index in [0.717, 1.165) is 5.56 Å². The number of ether oxygens (including phenoxy) is 4. The van der Waals surface area contributed by atoms with Crippen molar-refractivity contribution in [3.05, 3.63) is 95.6 Å². The lowest BCUT2D eigenvalue weighted by atomic mass is 9.99. The number of imide groups is 3. The van der Waals surface area contributed by atoms with Crippen molar-refractivity contribution < 1.29 is 93.4 Å². The molecule has 0 saturated carbocycles. The summed E-state index contributed by atoms with van der Waals surface area (Å²) >= 11 is 0. The zero-order valence-corrected chi connectivity index (χ0v) is 94.2. The van der Waals surface area contributed by atoms with E-state index >= 15 is 28.8 Å². The summed E-state index contributed by atoms with van der Waals surface area (Å²) in [6, 6.07) is 14.4. The van der Waals surface area contributed by atoms with Crippen LogP contribution < -0.4 is 35.4 Å². The molecule has 0 spiro atoms. The van der Waals surface area contributed by atoms with Gasteiger partial charge in [-0.15, -0.1) is 4.90 Å². The highest BCUT2D eigenvalue weighted by Crippen LogP contribution is 2.46. The number of amides is 10. The van der Waals surface area contributed by atoms with E-state index in [1.807, 2.05) is 187 Å². The Balaban J connectivity index is 1.90. The second kappa shape index (κ2) is 43.6. The number of rotatable bonds is 34. The number of carbonyl (C=O) groups is 10. The maximum absolute atomic E-state index is 17.3. The number of benzene rings is 3. The minimum atomic E-state index is -3.16. The van der Waals surface area contributed by atoms with Crippen LogP contribution in [-0.4, -0.2) is 222 Å². The van der Waals surface area contributed by atoms with Crippen LogP contribution in [0.2, 0.25) is 109 Å². The zero-order valence-electron chi connectivity index (χ0n) is 88.2. The largest absolute Gasteiger partial charge is 0.544 e. The lowest BCUT2D eigenvalue weighted by Crippen LogP contribution is -2.66. The van der Waals surface area contributed by atoms with E-state index in [0.29, 0.717) is 27.5 Å². The van der Waals surface area contributed by atoms with Crippen LogP contribution in [0.3, 0.4) is 0 Å². The normalized spacial score (nSPS) is 18.7. The molecule has 3 aromatic rings. The van der Waals surface area contributed by atoms with E-state index in [9.17, 15) is 19.2 Å². The summed E-state index contributed by atoms with van der Waals surface area (Å²) in [5.41, 5.74) is -1.49. The predicted octanol–water partition coefficient (Wildman–Crippen LogP) is 20.0. The number of hydrogen-bond acceptors (Lipinski definition) is 20. The molecule has 5 N–H and O–H groups in total. The van der Waals surface area contributed by atoms with Gasteiger partial charge in [-0.3, -0.25) is 28.8 Å². The Morgan fingerprint density at radius 1 is 0.439 bits per heavy atom. The standard InChI is InChI=1S/C98H170N8O20Si6/c1-64-61-105(78(79(64)126-132(40,41)98(27,28)29)85(112)106(88(115)119-91(6,7)8)89(116)120-92(9,10)11)84(111)76(65(2)121-127(30,31)93(12,13)14)102-82(109)77(75(125-131(38,39)97(24,25)26)59-67-51-55-70(56-52-67)123-129(34,35)95(18,19)20)103-81(108)74-60-71(124-130(36,37)96(21,22)23)62-104(74)83(110)73(58-66-49-53-69(54-50-66)122-128(32,33)94(15,16)17)100-80(107)72(101-87(114)118-90(3,4)5)48-45-57-99-86(113)117-63-68-46-43-42-44-47-68/h42-44,46-47,49-56,64-65,71-79H,45,48,57-63H2,1-41H3,(H,99,113)(H,100,107)(H,101,114)(H,102,109)(H,103,108)/t64-,65?,71+,72-,73-,74-,75+,76-,77-,78-,79-/m0/s1. The molecular formula is C98H170N8O20Si6. The molecular weight excluding hydrogens is 1780 g/mol. The first-order valence-electron chi connectivity index (χ1n) is 47.1. The van der Waals surface area contributed by atoms with Crippen LogP contribution in [0.1, 0.15) is 237 Å². The van der Waals surface area contributed by atoms with Crippen LogP contribution in [0.25, 0.3) is 0 Å². The Kier molecular flexibility index (Phi) is 38.0. The second-order valence-electron chi connectivity index (χ2n) is 48.4. The molecule has 0 aromatic heterocycles. The van der Waals surface area contributed by atoms with E-state index in [1.54, 1.807) is 69.2 Å². The van der Waals surface area contributed by atoms with Crippen LogP contribution in [-0.2, 0) is 84.9 Å². The third-order valence-corrected chi connectivity index (χ3v) is 54.1. The average molecular weight is 1950 g/mol. The zero-order chi connectivity index (χ0) is 101. The highest BCUT2D eigenvalue weighted by Gasteiger charge is 2.58. The molecule has 2 aliphatic rings. The van der Waals surface area contributed by atoms with Crippen molar-refractivity contribution in [1.82, 2.24) is 41.3 Å². The van der Waals surface area contributed by atoms with Gasteiger partial charge in [0.2, 0.25) is 46.2 Å². The summed E-state index contributed by atoms with van der Waals surface area (Å²) in [5.74, 6) is -4.77. The number of nitrogens with one attached hydrogen (secondary N) is 5. The van der Waals surface area contributed by atoms with Gasteiger partial charge in [0.25, 0.3) is 5.91 Å². The molecule has 746 valence electrons. The van der Waals surface area contributed by atoms with Crippen LogP contribution >= 0.6 is 0 Å². The van der Waals surface area contributed by atoms with Gasteiger partial charge in [-0.2, -0.15) is 0 Å². The first-order valence-corrected chi connectivity index (χ1v) is 64.5. The predicted molar refractivity (Wildman–Crippen MR) is 537 cm³/mol. The summed E-state index contributed by atoms with van der Waals surface area (Å²) in [7, 11) is -16.8. The summed E-state index contributed by atoms with van der Waals surface area (Å²) in [4.78, 5) is 160. The molecule has 2 saturated heterocycles. The van der Waals surface area contributed by atoms with Gasteiger partial charge in [-0.1, -0.05) is 186 Å². The van der Waals surface area contributed by atoms with E-state index in [4.69, 9.17) is 45.5 Å². The number of nitrogens with zero attached hydrogens (tertiary/aromatic N) is 3. The monoisotopic (exact) mass is 1950 g/mol. The summed E-state index contributed by atoms with van der Waals surface area (Å²) in [5, 5.41) is 12.6. The first-order chi connectivity index (χ1) is 59.5. The highest BCUT2D eigenvalue weighted by atomic mass is 28.4. The Morgan fingerprint density at radius 3 is 1.33 bits per heavy atom. The van der Waals surface area contributed by atoms with Crippen molar-refractivity contribution in [1.29, 1.82) is 0 Å². The van der Waals surface area contributed by atoms with E-state index in [-0.39, 0.29) is 68.4 Å². The van der Waals surface area contributed by atoms with Crippen LogP contribution in [0.4, 0.5) is 19.2 Å². The van der Waals surface area contributed by atoms with Crippen molar-refractivity contribution in [2.24, 2.45) is 5.92 Å². The Bertz CT molecular complexity index is 4400. The molecule has 0 aliphatic carbocycles. The van der Waals surface area contributed by atoms with Crippen molar-refractivity contribution >= 4 is 110 Å². The number of likely N-dealkylation sites (tertiary alicyclic amines) is 2. The molecule has 0 bridgehead atoms. The highest BCUT2D eigenvalue weighted by molar-refractivity contribution is 6.76. The smallest absolute Gasteiger partial charge is 0.426 e. The van der Waals surface area contributed by atoms with Gasteiger partial charge in [-0.25, -0.2) is 19.2 Å². The molecule has 1 unspecified atom stereocenters. The molecule has 2 heterocycles. The summed E-state index contributed by atoms with van der Waals surface area (Å²) in [6.45, 7) is 79.8. The molecule has 3 aromatic carbocycles. The van der Waals surface area contributed by atoms with Crippen molar-refractivity contribution in [3.8, 4) is 11.5 Å². The maximum atomic E-state index is 17.3. The van der Waals surface area contributed by atoms with E-state index in [1.165, 1.54) is 9.80 Å². The Labute approximate surface area is 798 Å². The fourth-order valence-corrected chi connectivity index (χ4v) is 21.0. The number of alkyl carbamates (subject to hydrolysis) is 2. The lowest BCUT2D eigenvalue weighted by Gasteiger charge is -2.43. The van der Waals surface area contributed by atoms with Crippen molar-refractivity contribution in [2.75, 3.05) is 19.6 Å². The third-order valence-electron chi connectivity index (χ3n) is 27.3. The van der Waals surface area contributed by atoms with Crippen LogP contribution in [0.15, 0.2) is 78.9 Å². The maximum Gasteiger partial charge on any atom is 0.426 e. The molecule has 132 heavy (non-hydrogen) atoms. The second-order valence-corrected chi connectivity index (χ2v) is 76.9. The van der Waals surface area contributed by atoms with E-state index < -0.39 is 213 Å². The molecule has 0 radical (unpaired) electrons. The molecule has 10 amide bonds. The third kappa shape index (κ3) is 32.7. The average Bonchev–Trinajstić information content (AvgIpc) is 1.61. The molecule has 2 aliphatic heterocycles. The topological polar surface area (TPSA) is 333 Å². The minimum Gasteiger partial charge on any atom is -0.544 e. The van der Waals surface area contributed by atoms with Gasteiger partial charge >= 0.3 is 24.4 Å². The van der Waals surface area contributed by atoms with E-state index in [2.05, 4.69) is 128 Å². The summed E-state index contributed by atoms with van der Waals surface area (Å²) < 4.78 is 65.9. The van der Waals surface area contributed by atoms with Crippen molar-refractivity contribution in [2.45, 2.75) is 426 Å². The van der Waals surface area contributed by atoms with Crippen LogP contribution in [0, 0.1) is 5.92 Å². The van der Waals surface area contributed by atoms with Gasteiger partial charge < -0.3 is 81.9 Å². The van der Waals surface area contributed by atoms with Crippen LogP contribution in [0.5, 0.6) is 11.5 Å². The fourth-order valence-electron chi connectivity index (χ4n) is 13.5. The number of carbonyl (C=O) groups excluding carboxylic acids is 10. The Hall–Kier alpha value is -7.30. The molecule has 11 atom stereocenters. The minimum absolute atomic E-state index is 0.00536. The molecule has 28 nitrogen and oxygen atoms in total. The van der Waals surface area contributed by atoms with Crippen molar-refractivity contribution in [3.63, 3.8) is 0 Å². The fraction of sp³-hybridized carbons (Fsp3) is 0.714. The lowest BCUT2D eigenvalue weighted by molar-refractivity contribution is -0.149. The Morgan fingerprint density at radius 2 is 0.879 bits per heavy atom. The first kappa shape index (κ1) is 115. The molecule has 5 rings (SSSR count). The molecule has 2 fully saturated rings.